The van der Waals surface area contributed by atoms with Gasteiger partial charge in [-0.15, -0.1) is 0 Å². The molecule has 0 amide bonds. The smallest absolute Gasteiger partial charge is 0.154 e. The highest BCUT2D eigenvalue weighted by Gasteiger charge is 2.29. The molecule has 0 aliphatic carbocycles. The Kier molecular flexibility index (Phi) is 4.26. The zero-order valence-corrected chi connectivity index (χ0v) is 13.6. The van der Waals surface area contributed by atoms with Crippen molar-refractivity contribution in [2.24, 2.45) is 0 Å². The van der Waals surface area contributed by atoms with E-state index < -0.39 is 9.84 Å². The number of rotatable bonds is 1. The zero-order chi connectivity index (χ0) is 15.0. The molecule has 112 valence electrons. The first kappa shape index (κ1) is 15.5. The molecule has 3 nitrogen and oxygen atoms in total. The number of hydrogen-bond donors (Lipinski definition) is 1. The van der Waals surface area contributed by atoms with E-state index in [9.17, 15) is 8.42 Å². The molecule has 0 saturated carbocycles. The lowest BCUT2D eigenvalue weighted by Crippen LogP contribution is -2.26. The Bertz CT molecular complexity index is 555. The maximum absolute atomic E-state index is 12.2. The monoisotopic (exact) mass is 295 g/mol. The van der Waals surface area contributed by atoms with Crippen LogP contribution < -0.4 is 5.32 Å². The summed E-state index contributed by atoms with van der Waals surface area (Å²) in [6, 6.07) is 8.25. The highest BCUT2D eigenvalue weighted by atomic mass is 32.2. The molecule has 2 atom stereocenters. The van der Waals surface area contributed by atoms with Gasteiger partial charge in [0.2, 0.25) is 0 Å². The molecule has 1 aromatic rings. The van der Waals surface area contributed by atoms with E-state index in [2.05, 4.69) is 50.4 Å². The van der Waals surface area contributed by atoms with E-state index in [-0.39, 0.29) is 22.5 Å². The van der Waals surface area contributed by atoms with Gasteiger partial charge in [0.05, 0.1) is 11.0 Å². The van der Waals surface area contributed by atoms with Gasteiger partial charge in [-0.25, -0.2) is 8.42 Å². The number of benzene rings is 1. The summed E-state index contributed by atoms with van der Waals surface area (Å²) in [6.45, 7) is 9.10. The molecule has 0 bridgehead atoms. The lowest BCUT2D eigenvalue weighted by molar-refractivity contribution is 0.568. The fourth-order valence-electron chi connectivity index (χ4n) is 2.53. The fourth-order valence-corrected chi connectivity index (χ4v) is 4.11. The van der Waals surface area contributed by atoms with Crippen molar-refractivity contribution in [3.63, 3.8) is 0 Å². The summed E-state index contributed by atoms with van der Waals surface area (Å²) in [4.78, 5) is 0. The van der Waals surface area contributed by atoms with Gasteiger partial charge in [0.1, 0.15) is 0 Å². The van der Waals surface area contributed by atoms with Crippen molar-refractivity contribution in [2.75, 3.05) is 12.3 Å². The highest BCUT2D eigenvalue weighted by Crippen LogP contribution is 2.26. The Balaban J connectivity index is 2.23. The van der Waals surface area contributed by atoms with Crippen LogP contribution in [0.25, 0.3) is 0 Å². The SMILES string of the molecule is CC1CCNC(c2ccc(C(C)(C)C)cc2)CS1(=O)=O. The van der Waals surface area contributed by atoms with Gasteiger partial charge < -0.3 is 5.32 Å². The van der Waals surface area contributed by atoms with Gasteiger partial charge in [-0.05, 0) is 36.4 Å². The van der Waals surface area contributed by atoms with Crippen LogP contribution in [0.1, 0.15) is 51.3 Å². The Labute approximate surface area is 122 Å². The van der Waals surface area contributed by atoms with Crippen molar-refractivity contribution < 1.29 is 8.42 Å². The number of sulfone groups is 1. The van der Waals surface area contributed by atoms with Crippen molar-refractivity contribution in [1.82, 2.24) is 5.32 Å². The summed E-state index contributed by atoms with van der Waals surface area (Å²) < 4.78 is 24.3. The molecule has 1 aliphatic rings. The molecule has 0 spiro atoms. The Morgan fingerprint density at radius 2 is 1.75 bits per heavy atom. The minimum atomic E-state index is -3.00. The predicted octanol–water partition coefficient (Wildman–Crippen LogP) is 2.82. The minimum Gasteiger partial charge on any atom is -0.309 e. The molecule has 1 aliphatic heterocycles. The molecule has 4 heteroatoms. The second kappa shape index (κ2) is 5.49. The molecular formula is C16H25NO2S. The summed E-state index contributed by atoms with van der Waals surface area (Å²) in [5.41, 5.74) is 2.46. The summed E-state index contributed by atoms with van der Waals surface area (Å²) in [6.07, 6.45) is 0.693. The predicted molar refractivity (Wildman–Crippen MR) is 83.8 cm³/mol. The average Bonchev–Trinajstić information content (AvgIpc) is 2.48. The lowest BCUT2D eigenvalue weighted by Gasteiger charge is -2.21. The third-order valence-electron chi connectivity index (χ3n) is 4.13. The largest absolute Gasteiger partial charge is 0.309 e. The van der Waals surface area contributed by atoms with Crippen LogP contribution >= 0.6 is 0 Å². The van der Waals surface area contributed by atoms with Crippen molar-refractivity contribution in [2.45, 2.75) is 50.8 Å². The van der Waals surface area contributed by atoms with Crippen molar-refractivity contribution >= 4 is 9.84 Å². The first-order valence-electron chi connectivity index (χ1n) is 7.25. The van der Waals surface area contributed by atoms with Gasteiger partial charge in [-0.2, -0.15) is 0 Å². The van der Waals surface area contributed by atoms with Crippen LogP contribution in [-0.2, 0) is 15.3 Å². The van der Waals surface area contributed by atoms with Crippen LogP contribution in [0.15, 0.2) is 24.3 Å². The molecular weight excluding hydrogens is 270 g/mol. The molecule has 1 heterocycles. The van der Waals surface area contributed by atoms with Gasteiger partial charge in [-0.1, -0.05) is 45.0 Å². The Morgan fingerprint density at radius 1 is 1.15 bits per heavy atom. The van der Waals surface area contributed by atoms with Crippen LogP contribution in [-0.4, -0.2) is 26.0 Å². The van der Waals surface area contributed by atoms with Gasteiger partial charge >= 0.3 is 0 Å². The molecule has 1 N–H and O–H groups in total. The fraction of sp³-hybridized carbons (Fsp3) is 0.625. The maximum atomic E-state index is 12.2. The molecule has 2 rings (SSSR count). The minimum absolute atomic E-state index is 0.0843. The van der Waals surface area contributed by atoms with Gasteiger partial charge in [0.25, 0.3) is 0 Å². The quantitative estimate of drug-likeness (QED) is 0.866. The summed E-state index contributed by atoms with van der Waals surface area (Å²) in [7, 11) is -3.00. The number of nitrogens with one attached hydrogen (secondary N) is 1. The molecule has 0 aromatic heterocycles. The van der Waals surface area contributed by atoms with E-state index in [1.807, 2.05) is 6.92 Å². The molecule has 1 fully saturated rings. The number of hydrogen-bond acceptors (Lipinski definition) is 3. The summed E-state index contributed by atoms with van der Waals surface area (Å²) in [5.74, 6) is 0.197. The van der Waals surface area contributed by atoms with Crippen LogP contribution in [0.2, 0.25) is 0 Å². The molecule has 1 saturated heterocycles. The average molecular weight is 295 g/mol. The van der Waals surface area contributed by atoms with E-state index in [0.717, 1.165) is 12.1 Å². The molecule has 0 radical (unpaired) electrons. The normalized spacial score (nSPS) is 27.0. The van der Waals surface area contributed by atoms with Crippen molar-refractivity contribution in [3.05, 3.63) is 35.4 Å². The van der Waals surface area contributed by atoms with Gasteiger partial charge in [0, 0.05) is 6.04 Å². The Hall–Kier alpha value is -0.870. The van der Waals surface area contributed by atoms with Gasteiger partial charge in [-0.3, -0.25) is 0 Å². The first-order valence-corrected chi connectivity index (χ1v) is 8.97. The molecule has 20 heavy (non-hydrogen) atoms. The molecule has 1 aromatic carbocycles. The summed E-state index contributed by atoms with van der Waals surface area (Å²) >= 11 is 0. The van der Waals surface area contributed by atoms with E-state index in [1.165, 1.54) is 5.56 Å². The first-order chi connectivity index (χ1) is 9.20. The summed E-state index contributed by atoms with van der Waals surface area (Å²) in [5, 5.41) is 3.12. The van der Waals surface area contributed by atoms with E-state index in [1.54, 1.807) is 0 Å². The van der Waals surface area contributed by atoms with E-state index >= 15 is 0 Å². The molecule has 2 unspecified atom stereocenters. The second-order valence-electron chi connectivity index (χ2n) is 6.81. The Morgan fingerprint density at radius 3 is 2.30 bits per heavy atom. The highest BCUT2D eigenvalue weighted by molar-refractivity contribution is 7.92. The van der Waals surface area contributed by atoms with Gasteiger partial charge in [0.15, 0.2) is 9.84 Å². The van der Waals surface area contributed by atoms with Crippen molar-refractivity contribution in [3.8, 4) is 0 Å². The third-order valence-corrected chi connectivity index (χ3v) is 6.39. The van der Waals surface area contributed by atoms with E-state index in [0.29, 0.717) is 6.42 Å². The lowest BCUT2D eigenvalue weighted by atomic mass is 9.86. The van der Waals surface area contributed by atoms with Crippen molar-refractivity contribution in [1.29, 1.82) is 0 Å². The van der Waals surface area contributed by atoms with Crippen LogP contribution in [0.4, 0.5) is 0 Å². The van der Waals surface area contributed by atoms with Crippen LogP contribution in [0.3, 0.4) is 0 Å². The maximum Gasteiger partial charge on any atom is 0.154 e. The van der Waals surface area contributed by atoms with E-state index in [4.69, 9.17) is 0 Å². The standard InChI is InChI=1S/C16H25NO2S/c1-12-9-10-17-15(11-20(12,18)19)13-5-7-14(8-6-13)16(2,3)4/h5-8,12,15,17H,9-11H2,1-4H3. The topological polar surface area (TPSA) is 46.2 Å². The van der Waals surface area contributed by atoms with Crippen LogP contribution in [0.5, 0.6) is 0 Å². The zero-order valence-electron chi connectivity index (χ0n) is 12.8. The van der Waals surface area contributed by atoms with Crippen LogP contribution in [0, 0.1) is 0 Å². The third kappa shape index (κ3) is 3.41. The second-order valence-corrected chi connectivity index (χ2v) is 9.27.